The number of fused-ring (bicyclic) bond motifs is 2. The summed E-state index contributed by atoms with van der Waals surface area (Å²) < 4.78 is 5.95. The van der Waals surface area contributed by atoms with Crippen molar-refractivity contribution < 1.29 is 4.74 Å². The molecule has 2 saturated heterocycles. The second-order valence-corrected chi connectivity index (χ2v) is 34.0. The zero-order valence-corrected chi connectivity index (χ0v) is 62.5. The largest absolute Gasteiger partial charge is 0.370 e. The summed E-state index contributed by atoms with van der Waals surface area (Å²) in [5, 5.41) is 0. The van der Waals surface area contributed by atoms with Crippen LogP contribution in [0.4, 0.5) is 0 Å². The van der Waals surface area contributed by atoms with Crippen LogP contribution in [0.25, 0.3) is 0 Å². The van der Waals surface area contributed by atoms with Crippen molar-refractivity contribution in [2.24, 2.45) is 82.3 Å². The van der Waals surface area contributed by atoms with Crippen LogP contribution in [0.2, 0.25) is 0 Å². The first kappa shape index (κ1) is 74.4. The van der Waals surface area contributed by atoms with E-state index in [0.717, 1.165) is 83.8 Å². The van der Waals surface area contributed by atoms with Gasteiger partial charge in [0.2, 0.25) is 0 Å². The van der Waals surface area contributed by atoms with Crippen LogP contribution in [0.5, 0.6) is 0 Å². The van der Waals surface area contributed by atoms with E-state index in [-0.39, 0.29) is 0 Å². The SMILES string of the molecule is CC(C)C1=C(C(C)C)C2(CC2)CN(C(C)C)CC1.CC(C)C1=C(C(C)C)C2CC2N(C(C)C)CC1.CC(C)C1=C(C(C)C)C2OCC2N(C(C)C)CC1.CC(C)C1=C(C(C)C)CN(C(C)C)C1.CC(C)C1CC2(CCC2)N(C(C)C)C[C@H]1C(C)C. The first-order chi connectivity index (χ1) is 39.5. The fraction of sp³-hybridized carbons (Fsp3) is 0.899. The molecule has 0 amide bonds. The van der Waals surface area contributed by atoms with Gasteiger partial charge in [0, 0.05) is 93.0 Å². The van der Waals surface area contributed by atoms with Crippen molar-refractivity contribution in [3.63, 3.8) is 0 Å². The van der Waals surface area contributed by atoms with Crippen molar-refractivity contribution in [3.05, 3.63) is 44.6 Å². The highest BCUT2D eigenvalue weighted by Gasteiger charge is 2.53. The molecule has 2 spiro atoms. The topological polar surface area (TPSA) is 25.4 Å². The predicted molar refractivity (Wildman–Crippen MR) is 375 cm³/mol. The molecule has 0 aromatic carbocycles. The van der Waals surface area contributed by atoms with Crippen molar-refractivity contribution in [3.8, 4) is 0 Å². The van der Waals surface area contributed by atoms with Gasteiger partial charge in [0.15, 0.2) is 0 Å². The Hall–Kier alpha value is -1.28. The standard InChI is InChI=1S/C17H31N.C17H33N.C16H29NO.C16H29N.C13H25N/c1-12(2)15-7-10-18(14(5)6)11-17(8-9-17)16(15)13(3)4;1-12(2)15-10-17(8-7-9-17)18(14(5)6)11-16(15)13(3)4;1-10(2)13-7-8-17(12(5)6)14-9-18-16(14)15(13)11(3)4;1-10(2)13-7-8-17(12(5)6)15-9-14(15)16(13)11(3)4;1-9(2)12-7-14(11(5)6)8-13(12)10(3)4/h12-14H,7-11H2,1-6H3;12-16H,7-11H2,1-6H3;10-12,14,16H,7-9H2,1-6H3;10-12,14-15H,7-9H2,1-6H3;9-11H,7-8H2,1-6H3/t;15?,16-;;;/m.0.../s1. The summed E-state index contributed by atoms with van der Waals surface area (Å²) in [6.45, 7) is 80.6. The van der Waals surface area contributed by atoms with E-state index >= 15 is 0 Å². The minimum absolute atomic E-state index is 0.368. The molecule has 5 unspecified atom stereocenters. The molecule has 3 saturated carbocycles. The first-order valence-electron chi connectivity index (χ1n) is 36.8. The molecule has 9 aliphatic rings. The molecule has 6 nitrogen and oxygen atoms in total. The van der Waals surface area contributed by atoms with Crippen molar-refractivity contribution in [2.45, 2.75) is 326 Å². The van der Waals surface area contributed by atoms with Crippen LogP contribution in [-0.2, 0) is 4.74 Å². The molecule has 0 aromatic heterocycles. The first-order valence-corrected chi connectivity index (χ1v) is 36.8. The van der Waals surface area contributed by atoms with Gasteiger partial charge >= 0.3 is 0 Å². The van der Waals surface area contributed by atoms with Gasteiger partial charge in [-0.15, -0.1) is 0 Å². The lowest BCUT2D eigenvalue weighted by Gasteiger charge is -2.60. The Kier molecular flexibility index (Phi) is 27.9. The second-order valence-electron chi connectivity index (χ2n) is 34.0. The minimum Gasteiger partial charge on any atom is -0.370 e. The van der Waals surface area contributed by atoms with Gasteiger partial charge in [0.25, 0.3) is 0 Å². The second kappa shape index (κ2) is 31.8. The molecular formula is C79H147N5O. The molecule has 3 aliphatic carbocycles. The fourth-order valence-electron chi connectivity index (χ4n) is 17.9. The number of piperidine rings is 1. The molecule has 6 heterocycles. The Morgan fingerprint density at radius 1 is 0.412 bits per heavy atom. The molecule has 0 aromatic rings. The van der Waals surface area contributed by atoms with Gasteiger partial charge in [-0.05, 0) is 216 Å². The predicted octanol–water partition coefficient (Wildman–Crippen LogP) is 19.9. The average Bonchev–Trinajstić information content (AvgIpc) is 1.90. The highest BCUT2D eigenvalue weighted by molar-refractivity contribution is 5.34. The normalized spacial score (nSPS) is 27.6. The van der Waals surface area contributed by atoms with E-state index < -0.39 is 0 Å². The maximum absolute atomic E-state index is 5.95. The van der Waals surface area contributed by atoms with E-state index in [4.69, 9.17) is 4.74 Å². The smallest absolute Gasteiger partial charge is 0.0968 e. The number of rotatable bonds is 15. The van der Waals surface area contributed by atoms with E-state index in [2.05, 4.69) is 232 Å². The van der Waals surface area contributed by atoms with E-state index in [9.17, 15) is 0 Å². The quantitative estimate of drug-likeness (QED) is 0.152. The Morgan fingerprint density at radius 2 is 0.859 bits per heavy atom. The lowest BCUT2D eigenvalue weighted by Crippen LogP contribution is -2.63. The zero-order valence-electron chi connectivity index (χ0n) is 62.5. The molecule has 0 bridgehead atoms. The van der Waals surface area contributed by atoms with Gasteiger partial charge in [-0.2, -0.15) is 0 Å². The summed E-state index contributed by atoms with van der Waals surface area (Å²) >= 11 is 0. The molecule has 0 radical (unpaired) electrons. The summed E-state index contributed by atoms with van der Waals surface area (Å²) in [6.07, 6.45) is 14.3. The minimum atomic E-state index is 0.368. The molecule has 85 heavy (non-hydrogen) atoms. The Bertz CT molecular complexity index is 2160. The number of ether oxygens (including phenoxy) is 1. The number of nitrogens with zero attached hydrogens (tertiary/aromatic N) is 5. The highest BCUT2D eigenvalue weighted by Crippen LogP contribution is 2.58. The van der Waals surface area contributed by atoms with Crippen molar-refractivity contribution in [1.82, 2.24) is 24.5 Å². The van der Waals surface area contributed by atoms with Crippen LogP contribution in [-0.4, -0.2) is 131 Å². The van der Waals surface area contributed by atoms with Crippen molar-refractivity contribution >= 4 is 0 Å². The molecule has 6 aliphatic heterocycles. The number of likely N-dealkylation sites (tertiary alicyclic amines) is 1. The number of hydrogen-bond donors (Lipinski definition) is 0. The fourth-order valence-corrected chi connectivity index (χ4v) is 17.9. The van der Waals surface area contributed by atoms with Gasteiger partial charge in [0.05, 0.1) is 18.8 Å². The van der Waals surface area contributed by atoms with Crippen LogP contribution in [0.15, 0.2) is 44.6 Å². The summed E-state index contributed by atoms with van der Waals surface area (Å²) in [6, 6.07) is 4.93. The van der Waals surface area contributed by atoms with Crippen LogP contribution in [0.3, 0.4) is 0 Å². The zero-order chi connectivity index (χ0) is 64.1. The number of hydrogen-bond acceptors (Lipinski definition) is 6. The van der Waals surface area contributed by atoms with Gasteiger partial charge in [-0.25, -0.2) is 0 Å². The van der Waals surface area contributed by atoms with E-state index in [1.807, 2.05) is 11.1 Å². The van der Waals surface area contributed by atoms with Crippen molar-refractivity contribution in [2.75, 3.05) is 52.4 Å². The molecule has 6 atom stereocenters. The molecular weight excluding hydrogens is 1030 g/mol. The summed E-state index contributed by atoms with van der Waals surface area (Å²) in [4.78, 5) is 13.5. The lowest BCUT2D eigenvalue weighted by molar-refractivity contribution is -0.122. The monoisotopic (exact) mass is 1180 g/mol. The molecule has 6 heteroatoms. The Labute approximate surface area is 531 Å². The third-order valence-electron chi connectivity index (χ3n) is 23.1. The molecule has 0 N–H and O–H groups in total. The third-order valence-corrected chi connectivity index (χ3v) is 23.1. The maximum atomic E-state index is 5.95. The van der Waals surface area contributed by atoms with Crippen LogP contribution in [0, 0.1) is 82.3 Å². The Balaban J connectivity index is 0.000000195. The van der Waals surface area contributed by atoms with Crippen LogP contribution < -0.4 is 0 Å². The summed E-state index contributed by atoms with van der Waals surface area (Å²) in [5.41, 5.74) is 15.0. The van der Waals surface area contributed by atoms with Gasteiger partial charge in [-0.1, -0.05) is 177 Å². The van der Waals surface area contributed by atoms with Crippen LogP contribution in [0.1, 0.15) is 272 Å². The van der Waals surface area contributed by atoms with E-state index in [0.29, 0.717) is 59.1 Å². The third kappa shape index (κ3) is 18.3. The highest BCUT2D eigenvalue weighted by atomic mass is 16.5. The molecule has 9 rings (SSSR count). The molecule has 494 valence electrons. The van der Waals surface area contributed by atoms with Crippen LogP contribution >= 0.6 is 0 Å². The van der Waals surface area contributed by atoms with Gasteiger partial charge in [-0.3, -0.25) is 24.5 Å². The summed E-state index contributed by atoms with van der Waals surface area (Å²) in [5.74, 6) is 10.1. The summed E-state index contributed by atoms with van der Waals surface area (Å²) in [7, 11) is 0. The van der Waals surface area contributed by atoms with Crippen molar-refractivity contribution in [1.29, 1.82) is 0 Å². The maximum Gasteiger partial charge on any atom is 0.0968 e. The van der Waals surface area contributed by atoms with Gasteiger partial charge in [0.1, 0.15) is 0 Å². The lowest BCUT2D eigenvalue weighted by atomic mass is 9.60. The Morgan fingerprint density at radius 3 is 1.20 bits per heavy atom. The molecule has 5 fully saturated rings. The van der Waals surface area contributed by atoms with Gasteiger partial charge < -0.3 is 4.74 Å². The van der Waals surface area contributed by atoms with E-state index in [1.54, 1.807) is 33.4 Å². The average molecular weight is 1180 g/mol. The van der Waals surface area contributed by atoms with E-state index in [1.165, 1.54) is 110 Å².